The average molecular weight is 440 g/mol. The second-order valence-electron chi connectivity index (χ2n) is 8.95. The largest absolute Gasteiger partial charge is 0.475 e. The van der Waals surface area contributed by atoms with E-state index in [2.05, 4.69) is 19.9 Å². The van der Waals surface area contributed by atoms with Crippen molar-refractivity contribution < 1.29 is 19.0 Å². The number of nitrogens with zero attached hydrogens (tertiary/aromatic N) is 5. The molecule has 30 heavy (non-hydrogen) atoms. The van der Waals surface area contributed by atoms with Crippen molar-refractivity contribution in [2.75, 3.05) is 58.5 Å². The number of aliphatic hydroxyl groups is 1. The summed E-state index contributed by atoms with van der Waals surface area (Å²) in [6.45, 7) is 4.33. The third kappa shape index (κ3) is 4.59. The maximum atomic E-state index is 15.2. The van der Waals surface area contributed by atoms with Gasteiger partial charge in [0.15, 0.2) is 0 Å². The van der Waals surface area contributed by atoms with Crippen LogP contribution in [0.2, 0.25) is 5.28 Å². The van der Waals surface area contributed by atoms with Gasteiger partial charge in [-0.25, -0.2) is 9.97 Å². The lowest BCUT2D eigenvalue weighted by Gasteiger charge is -2.28. The summed E-state index contributed by atoms with van der Waals surface area (Å²) in [5.41, 5.74) is -0.962. The normalized spacial score (nSPS) is 23.6. The van der Waals surface area contributed by atoms with Crippen LogP contribution in [0.1, 0.15) is 19.8 Å². The molecule has 3 heterocycles. The van der Waals surface area contributed by atoms with Crippen molar-refractivity contribution in [3.05, 3.63) is 17.3 Å². The molecule has 4 rings (SSSR count). The van der Waals surface area contributed by atoms with E-state index >= 15 is 4.39 Å². The third-order valence-electron chi connectivity index (χ3n) is 5.48. The van der Waals surface area contributed by atoms with E-state index in [1.165, 1.54) is 6.20 Å². The first-order valence-corrected chi connectivity index (χ1v) is 10.4. The Labute approximate surface area is 180 Å². The van der Waals surface area contributed by atoms with Gasteiger partial charge in [0.25, 0.3) is 5.88 Å². The van der Waals surface area contributed by atoms with Crippen LogP contribution in [-0.2, 0) is 4.74 Å². The van der Waals surface area contributed by atoms with Crippen molar-refractivity contribution in [2.24, 2.45) is 5.41 Å². The highest BCUT2D eigenvalue weighted by molar-refractivity contribution is 6.28. The van der Waals surface area contributed by atoms with E-state index in [-0.39, 0.29) is 35.2 Å². The molecule has 0 aromatic carbocycles. The maximum absolute atomic E-state index is 15.2. The summed E-state index contributed by atoms with van der Waals surface area (Å²) >= 11 is 6.12. The van der Waals surface area contributed by atoms with Gasteiger partial charge in [-0.3, -0.25) is 0 Å². The van der Waals surface area contributed by atoms with E-state index < -0.39 is 11.4 Å². The molecule has 1 aliphatic heterocycles. The number of ether oxygens (including phenoxy) is 2. The molecule has 0 bridgehead atoms. The minimum absolute atomic E-state index is 0.0530. The molecule has 1 aliphatic carbocycles. The minimum atomic E-state index is -1.07. The van der Waals surface area contributed by atoms with Crippen LogP contribution in [0.3, 0.4) is 0 Å². The van der Waals surface area contributed by atoms with Gasteiger partial charge in [-0.05, 0) is 45.5 Å². The monoisotopic (exact) mass is 439 g/mol. The van der Waals surface area contributed by atoms with E-state index in [4.69, 9.17) is 21.1 Å². The fourth-order valence-electron chi connectivity index (χ4n) is 3.94. The summed E-state index contributed by atoms with van der Waals surface area (Å²) < 4.78 is 26.5. The van der Waals surface area contributed by atoms with Gasteiger partial charge >= 0.3 is 0 Å². The highest BCUT2D eigenvalue weighted by Crippen LogP contribution is 2.46. The number of aromatic nitrogens is 3. The Kier molecular flexibility index (Phi) is 5.73. The molecule has 2 aromatic heterocycles. The second-order valence-corrected chi connectivity index (χ2v) is 9.29. The summed E-state index contributed by atoms with van der Waals surface area (Å²) in [5.74, 6) is -0.323. The Hall–Kier alpha value is -1.81. The Balaban J connectivity index is 1.64. The number of pyridine rings is 1. The van der Waals surface area contributed by atoms with Crippen molar-refractivity contribution in [1.29, 1.82) is 0 Å². The van der Waals surface area contributed by atoms with Crippen LogP contribution in [0.4, 0.5) is 10.2 Å². The van der Waals surface area contributed by atoms with Gasteiger partial charge in [0.05, 0.1) is 31.8 Å². The van der Waals surface area contributed by atoms with Crippen LogP contribution < -0.4 is 9.64 Å². The zero-order valence-corrected chi connectivity index (χ0v) is 18.2. The van der Waals surface area contributed by atoms with Crippen molar-refractivity contribution in [3.8, 4) is 5.88 Å². The van der Waals surface area contributed by atoms with E-state index in [1.807, 2.05) is 19.0 Å². The molecule has 1 saturated heterocycles. The number of halogens is 2. The van der Waals surface area contributed by atoms with Crippen molar-refractivity contribution in [2.45, 2.75) is 25.4 Å². The second kappa shape index (κ2) is 8.03. The number of anilines is 1. The highest BCUT2D eigenvalue weighted by atomic mass is 35.5. The zero-order chi connectivity index (χ0) is 21.5. The third-order valence-corrected chi connectivity index (χ3v) is 5.65. The standard InChI is InChI=1S/C20H27ClFN5O3/c1-19(28)9-27(6-7-29-11-19)16-13-8-23-17(14(22)15(13)24-18(21)25-16)30-12-20(4-5-20)10-26(2)3/h8,28H,4-7,9-12H2,1-3H3. The smallest absolute Gasteiger partial charge is 0.252 e. The van der Waals surface area contributed by atoms with Crippen molar-refractivity contribution >= 4 is 28.3 Å². The lowest BCUT2D eigenvalue weighted by Crippen LogP contribution is -2.42. The fourth-order valence-corrected chi connectivity index (χ4v) is 4.11. The minimum Gasteiger partial charge on any atom is -0.475 e. The molecule has 1 unspecified atom stereocenters. The van der Waals surface area contributed by atoms with Gasteiger partial charge in [0.1, 0.15) is 16.9 Å². The number of rotatable bonds is 6. The quantitative estimate of drug-likeness (QED) is 0.685. The Morgan fingerprint density at radius 3 is 2.83 bits per heavy atom. The van der Waals surface area contributed by atoms with Crippen LogP contribution in [-0.4, -0.2) is 84.1 Å². The molecule has 2 fully saturated rings. The number of hydrogen-bond acceptors (Lipinski definition) is 8. The molecule has 0 radical (unpaired) electrons. The van der Waals surface area contributed by atoms with Crippen LogP contribution in [0.15, 0.2) is 6.20 Å². The fraction of sp³-hybridized carbons (Fsp3) is 0.650. The Bertz CT molecular complexity index is 938. The lowest BCUT2D eigenvalue weighted by molar-refractivity contribution is -0.0123. The number of hydrogen-bond donors (Lipinski definition) is 1. The molecule has 0 spiro atoms. The molecule has 8 nitrogen and oxygen atoms in total. The first-order chi connectivity index (χ1) is 14.2. The molecular weight excluding hydrogens is 413 g/mol. The summed E-state index contributed by atoms with van der Waals surface area (Å²) in [6.07, 6.45) is 3.61. The van der Waals surface area contributed by atoms with E-state index in [1.54, 1.807) is 6.92 Å². The molecule has 2 aliphatic rings. The van der Waals surface area contributed by atoms with Gasteiger partial charge in [0.2, 0.25) is 11.1 Å². The topological polar surface area (TPSA) is 83.8 Å². The first kappa shape index (κ1) is 21.4. The van der Waals surface area contributed by atoms with Gasteiger partial charge in [-0.1, -0.05) is 0 Å². The molecular formula is C20H27ClFN5O3. The van der Waals surface area contributed by atoms with Gasteiger partial charge in [0, 0.05) is 24.7 Å². The SMILES string of the molecule is CN(C)CC1(COc2ncc3c(N4CCOCC(C)(O)C4)nc(Cl)nc3c2F)CC1. The van der Waals surface area contributed by atoms with E-state index in [9.17, 15) is 5.11 Å². The van der Waals surface area contributed by atoms with E-state index in [0.29, 0.717) is 31.0 Å². The van der Waals surface area contributed by atoms with Gasteiger partial charge in [-0.15, -0.1) is 0 Å². The summed E-state index contributed by atoms with van der Waals surface area (Å²) in [5, 5.41) is 10.8. The Morgan fingerprint density at radius 1 is 1.37 bits per heavy atom. The van der Waals surface area contributed by atoms with Crippen molar-refractivity contribution in [1.82, 2.24) is 19.9 Å². The van der Waals surface area contributed by atoms with Crippen LogP contribution >= 0.6 is 11.6 Å². The first-order valence-electron chi connectivity index (χ1n) is 10.0. The summed E-state index contributed by atoms with van der Waals surface area (Å²) in [6, 6.07) is 0. The maximum Gasteiger partial charge on any atom is 0.252 e. The molecule has 1 saturated carbocycles. The summed E-state index contributed by atoms with van der Waals surface area (Å²) in [7, 11) is 4.03. The Morgan fingerprint density at radius 2 is 2.13 bits per heavy atom. The molecule has 2 aromatic rings. The number of fused-ring (bicyclic) bond motifs is 1. The molecule has 164 valence electrons. The van der Waals surface area contributed by atoms with E-state index in [0.717, 1.165) is 19.4 Å². The average Bonchev–Trinajstić information content (AvgIpc) is 3.44. The van der Waals surface area contributed by atoms with Crippen LogP contribution in [0, 0.1) is 11.2 Å². The lowest BCUT2D eigenvalue weighted by atomic mass is 10.1. The van der Waals surface area contributed by atoms with Crippen LogP contribution in [0.5, 0.6) is 5.88 Å². The predicted molar refractivity (Wildman–Crippen MR) is 112 cm³/mol. The zero-order valence-electron chi connectivity index (χ0n) is 17.5. The predicted octanol–water partition coefficient (Wildman–Crippen LogP) is 2.13. The molecule has 0 amide bonds. The molecule has 10 heteroatoms. The van der Waals surface area contributed by atoms with Crippen LogP contribution in [0.25, 0.3) is 10.9 Å². The van der Waals surface area contributed by atoms with Gasteiger partial charge < -0.3 is 24.4 Å². The summed E-state index contributed by atoms with van der Waals surface area (Å²) in [4.78, 5) is 16.5. The number of β-amino-alcohol motifs (C(OH)–C–C–N with tert-alkyl or cyclic N) is 1. The molecule has 1 N–H and O–H groups in total. The highest BCUT2D eigenvalue weighted by Gasteiger charge is 2.44. The van der Waals surface area contributed by atoms with Gasteiger partial charge in [-0.2, -0.15) is 9.37 Å². The van der Waals surface area contributed by atoms with Crippen molar-refractivity contribution in [3.63, 3.8) is 0 Å². The molecule has 1 atom stereocenters.